The Bertz CT molecular complexity index is 1470. The number of benzene rings is 3. The van der Waals surface area contributed by atoms with E-state index in [1.807, 2.05) is 24.3 Å². The number of nitrogens with one attached hydrogen (secondary N) is 2. The zero-order valence-electron chi connectivity index (χ0n) is 19.0. The lowest BCUT2D eigenvalue weighted by atomic mass is 9.94. The molecule has 0 aliphatic carbocycles. The van der Waals surface area contributed by atoms with Crippen molar-refractivity contribution in [1.29, 1.82) is 0 Å². The van der Waals surface area contributed by atoms with E-state index < -0.39 is 11.9 Å². The van der Waals surface area contributed by atoms with Crippen molar-refractivity contribution in [1.82, 2.24) is 14.8 Å². The van der Waals surface area contributed by atoms with Gasteiger partial charge in [-0.2, -0.15) is 4.98 Å². The molecule has 0 unspecified atom stereocenters. The van der Waals surface area contributed by atoms with Crippen molar-refractivity contribution >= 4 is 52.5 Å². The number of amides is 1. The molecule has 0 bridgehead atoms. The zero-order chi connectivity index (χ0) is 25.2. The van der Waals surface area contributed by atoms with Crippen LogP contribution < -0.4 is 10.6 Å². The molecule has 1 aliphatic rings. The first kappa shape index (κ1) is 24.4. The van der Waals surface area contributed by atoms with Crippen molar-refractivity contribution < 1.29 is 9.18 Å². The van der Waals surface area contributed by atoms with Crippen LogP contribution >= 0.6 is 35.0 Å². The fourth-order valence-electron chi connectivity index (χ4n) is 3.96. The number of nitrogens with zero attached hydrogens (tertiary/aromatic N) is 3. The molecule has 0 spiro atoms. The van der Waals surface area contributed by atoms with Gasteiger partial charge in [0, 0.05) is 32.7 Å². The van der Waals surface area contributed by atoms with Gasteiger partial charge in [-0.15, -0.1) is 5.10 Å². The number of allylic oxidation sites excluding steroid dienone is 1. The van der Waals surface area contributed by atoms with Crippen molar-refractivity contribution in [3.8, 4) is 0 Å². The summed E-state index contributed by atoms with van der Waals surface area (Å²) in [6.07, 6.45) is 0. The molecular weight excluding hydrogens is 520 g/mol. The molecule has 5 rings (SSSR count). The van der Waals surface area contributed by atoms with Gasteiger partial charge in [0.25, 0.3) is 5.91 Å². The molecule has 1 atom stereocenters. The van der Waals surface area contributed by atoms with Crippen molar-refractivity contribution in [2.24, 2.45) is 0 Å². The lowest BCUT2D eigenvalue weighted by Crippen LogP contribution is -2.32. The lowest BCUT2D eigenvalue weighted by Gasteiger charge is -2.28. The molecule has 0 radical (unpaired) electrons. The van der Waals surface area contributed by atoms with Crippen LogP contribution in [-0.4, -0.2) is 20.7 Å². The number of aromatic nitrogens is 3. The molecule has 1 aromatic heterocycles. The van der Waals surface area contributed by atoms with Gasteiger partial charge in [-0.05, 0) is 48.9 Å². The lowest BCUT2D eigenvalue weighted by molar-refractivity contribution is -0.113. The molecule has 0 saturated heterocycles. The molecule has 6 nitrogen and oxygen atoms in total. The number of carbonyl (C=O) groups is 1. The van der Waals surface area contributed by atoms with E-state index >= 15 is 4.39 Å². The third-order valence-electron chi connectivity index (χ3n) is 5.69. The second-order valence-electron chi connectivity index (χ2n) is 8.09. The highest BCUT2D eigenvalue weighted by Gasteiger charge is 2.35. The summed E-state index contributed by atoms with van der Waals surface area (Å²) in [6, 6.07) is 19.9. The molecule has 2 heterocycles. The van der Waals surface area contributed by atoms with E-state index in [1.54, 1.807) is 54.1 Å². The number of thioether (sulfide) groups is 1. The maximum Gasteiger partial charge on any atom is 0.255 e. The number of hydrogen-bond donors (Lipinski definition) is 2. The monoisotopic (exact) mass is 539 g/mol. The second-order valence-corrected chi connectivity index (χ2v) is 9.88. The molecule has 4 aromatic rings. The van der Waals surface area contributed by atoms with E-state index in [2.05, 4.69) is 20.7 Å². The molecule has 182 valence electrons. The Balaban J connectivity index is 1.50. The van der Waals surface area contributed by atoms with Gasteiger partial charge in [0.05, 0.1) is 5.57 Å². The minimum Gasteiger partial charge on any atom is -0.328 e. The van der Waals surface area contributed by atoms with Crippen LogP contribution in [0.3, 0.4) is 0 Å². The summed E-state index contributed by atoms with van der Waals surface area (Å²) in [5.41, 5.74) is 2.71. The van der Waals surface area contributed by atoms with Crippen LogP contribution in [0.2, 0.25) is 10.0 Å². The van der Waals surface area contributed by atoms with Crippen LogP contribution in [0.5, 0.6) is 0 Å². The van der Waals surface area contributed by atoms with Crippen LogP contribution in [0, 0.1) is 5.82 Å². The van der Waals surface area contributed by atoms with Crippen LogP contribution in [0.1, 0.15) is 24.1 Å². The topological polar surface area (TPSA) is 71.8 Å². The predicted molar refractivity (Wildman–Crippen MR) is 142 cm³/mol. The molecule has 2 N–H and O–H groups in total. The van der Waals surface area contributed by atoms with Gasteiger partial charge >= 0.3 is 0 Å². The quantitative estimate of drug-likeness (QED) is 0.259. The molecule has 36 heavy (non-hydrogen) atoms. The first-order chi connectivity index (χ1) is 17.4. The molecule has 0 saturated carbocycles. The molecular formula is C26H20Cl2FN5OS. The van der Waals surface area contributed by atoms with Gasteiger partial charge in [-0.3, -0.25) is 4.79 Å². The number of fused-ring (bicyclic) bond motifs is 1. The van der Waals surface area contributed by atoms with E-state index in [-0.39, 0.29) is 5.91 Å². The fourth-order valence-corrected chi connectivity index (χ4v) is 5.20. The summed E-state index contributed by atoms with van der Waals surface area (Å²) in [5.74, 6) is 0.150. The van der Waals surface area contributed by atoms with Gasteiger partial charge in [0.15, 0.2) is 0 Å². The average Bonchev–Trinajstić information content (AvgIpc) is 3.27. The average molecular weight is 540 g/mol. The Kier molecular flexibility index (Phi) is 7.00. The summed E-state index contributed by atoms with van der Waals surface area (Å²) in [7, 11) is 0. The van der Waals surface area contributed by atoms with Crippen LogP contribution in [-0.2, 0) is 10.5 Å². The molecule has 10 heteroatoms. The maximum atomic E-state index is 15.1. The highest BCUT2D eigenvalue weighted by Crippen LogP contribution is 2.38. The first-order valence-electron chi connectivity index (χ1n) is 11.0. The Labute approximate surface area is 221 Å². The standard InChI is InChI=1S/C26H20Cl2FN5OS/c1-15-22(24(35)31-18-12-10-17(27)11-13-18)23(19-7-3-5-9-21(19)29)34-25(30-15)32-26(33-34)36-14-16-6-2-4-8-20(16)28/h2-13,23H,14H2,1H3,(H,31,35)(H,30,32,33)/t23-/m0/s1. The van der Waals surface area contributed by atoms with Crippen LogP contribution in [0.15, 0.2) is 89.2 Å². The normalized spacial score (nSPS) is 14.8. The third-order valence-corrected chi connectivity index (χ3v) is 7.20. The number of hydrogen-bond acceptors (Lipinski definition) is 5. The number of rotatable bonds is 6. The summed E-state index contributed by atoms with van der Waals surface area (Å²) < 4.78 is 16.6. The minimum absolute atomic E-state index is 0.313. The largest absolute Gasteiger partial charge is 0.328 e. The van der Waals surface area contributed by atoms with E-state index in [4.69, 9.17) is 23.2 Å². The number of halogens is 3. The molecule has 3 aromatic carbocycles. The molecule has 1 amide bonds. The Morgan fingerprint density at radius 1 is 1.08 bits per heavy atom. The van der Waals surface area contributed by atoms with Gasteiger partial charge in [0.1, 0.15) is 11.9 Å². The van der Waals surface area contributed by atoms with Gasteiger partial charge in [0.2, 0.25) is 11.1 Å². The highest BCUT2D eigenvalue weighted by atomic mass is 35.5. The zero-order valence-corrected chi connectivity index (χ0v) is 21.3. The van der Waals surface area contributed by atoms with E-state index in [0.29, 0.717) is 49.4 Å². The van der Waals surface area contributed by atoms with Gasteiger partial charge in [-0.1, -0.05) is 71.4 Å². The smallest absolute Gasteiger partial charge is 0.255 e. The molecule has 0 fully saturated rings. The second kappa shape index (κ2) is 10.3. The van der Waals surface area contributed by atoms with Gasteiger partial charge < -0.3 is 10.6 Å². The summed E-state index contributed by atoms with van der Waals surface area (Å²) in [6.45, 7) is 1.76. The summed E-state index contributed by atoms with van der Waals surface area (Å²) in [5, 5.41) is 12.4. The van der Waals surface area contributed by atoms with Crippen molar-refractivity contribution in [3.63, 3.8) is 0 Å². The van der Waals surface area contributed by atoms with E-state index in [0.717, 1.165) is 5.56 Å². The van der Waals surface area contributed by atoms with Crippen molar-refractivity contribution in [2.45, 2.75) is 23.9 Å². The van der Waals surface area contributed by atoms with E-state index in [1.165, 1.54) is 17.8 Å². The van der Waals surface area contributed by atoms with Crippen LogP contribution in [0.25, 0.3) is 0 Å². The maximum absolute atomic E-state index is 15.1. The Morgan fingerprint density at radius 3 is 2.56 bits per heavy atom. The summed E-state index contributed by atoms with van der Waals surface area (Å²) in [4.78, 5) is 18.1. The van der Waals surface area contributed by atoms with E-state index in [9.17, 15) is 4.79 Å². The Morgan fingerprint density at radius 2 is 1.81 bits per heavy atom. The van der Waals surface area contributed by atoms with Gasteiger partial charge in [-0.25, -0.2) is 9.07 Å². The van der Waals surface area contributed by atoms with Crippen molar-refractivity contribution in [3.05, 3.63) is 111 Å². The highest BCUT2D eigenvalue weighted by molar-refractivity contribution is 7.98. The predicted octanol–water partition coefficient (Wildman–Crippen LogP) is 6.94. The van der Waals surface area contributed by atoms with Crippen LogP contribution in [0.4, 0.5) is 16.0 Å². The number of anilines is 2. The third kappa shape index (κ3) is 4.97. The minimum atomic E-state index is -0.822. The Hall–Kier alpha value is -3.33. The molecule has 1 aliphatic heterocycles. The fraction of sp³-hybridized carbons (Fsp3) is 0.115. The number of carbonyl (C=O) groups excluding carboxylic acids is 1. The SMILES string of the molecule is CC1=C(C(=O)Nc2ccc(Cl)cc2)[C@H](c2ccccc2F)n2nc(SCc3ccccc3Cl)nc2N1. The van der Waals surface area contributed by atoms with Crippen molar-refractivity contribution in [2.75, 3.05) is 10.6 Å². The summed E-state index contributed by atoms with van der Waals surface area (Å²) >= 11 is 13.7. The first-order valence-corrected chi connectivity index (χ1v) is 12.8.